The average Bonchev–Trinajstić information content (AvgIpc) is 2.50. The van der Waals surface area contributed by atoms with Crippen molar-refractivity contribution in [2.75, 3.05) is 0 Å². The molecule has 0 atom stereocenters. The number of nitrogens with two attached hydrogens (primary N) is 1. The summed E-state index contributed by atoms with van der Waals surface area (Å²) < 4.78 is 0. The van der Waals surface area contributed by atoms with Crippen molar-refractivity contribution in [3.63, 3.8) is 0 Å². The van der Waals surface area contributed by atoms with Crippen LogP contribution in [-0.4, -0.2) is 6.21 Å². The Balaban J connectivity index is 2.57. The highest BCUT2D eigenvalue weighted by Crippen LogP contribution is 2.27. The molecule has 0 fully saturated rings. The van der Waals surface area contributed by atoms with Crippen LogP contribution in [0.3, 0.4) is 0 Å². The summed E-state index contributed by atoms with van der Waals surface area (Å²) in [6, 6.07) is 6.17. The lowest BCUT2D eigenvalue weighted by atomic mass is 10.1. The van der Waals surface area contributed by atoms with E-state index in [1.54, 1.807) is 0 Å². The molecule has 2 rings (SSSR count). The Morgan fingerprint density at radius 2 is 2.36 bits per heavy atom. The maximum atomic E-state index is 5.55. The molecule has 2 nitrogen and oxygen atoms in total. The van der Waals surface area contributed by atoms with Gasteiger partial charge in [-0.05, 0) is 11.1 Å². The second-order valence-corrected chi connectivity index (χ2v) is 2.64. The predicted octanol–water partition coefficient (Wildman–Crippen LogP) is 1.40. The molecule has 11 heavy (non-hydrogen) atoms. The van der Waals surface area contributed by atoms with Gasteiger partial charge < -0.3 is 5.73 Å². The third-order valence-corrected chi connectivity index (χ3v) is 1.95. The zero-order chi connectivity index (χ0) is 7.68. The molecule has 0 unspecified atom stereocenters. The van der Waals surface area contributed by atoms with E-state index in [9.17, 15) is 0 Å². The lowest BCUT2D eigenvalue weighted by molar-refractivity contribution is 1.07. The molecular formula is C9H10N2. The van der Waals surface area contributed by atoms with E-state index in [2.05, 4.69) is 11.1 Å². The third kappa shape index (κ3) is 0.955. The number of para-hydroxylation sites is 1. The van der Waals surface area contributed by atoms with Crippen LogP contribution in [-0.2, 0) is 13.0 Å². The van der Waals surface area contributed by atoms with Gasteiger partial charge >= 0.3 is 0 Å². The summed E-state index contributed by atoms with van der Waals surface area (Å²) in [6.45, 7) is 0.584. The molecule has 0 radical (unpaired) electrons. The first-order valence-corrected chi connectivity index (χ1v) is 3.75. The largest absolute Gasteiger partial charge is 0.326 e. The Hall–Kier alpha value is -1.15. The second kappa shape index (κ2) is 2.47. The van der Waals surface area contributed by atoms with E-state index in [1.165, 1.54) is 5.56 Å². The number of hydrogen-bond acceptors (Lipinski definition) is 2. The Morgan fingerprint density at radius 3 is 3.18 bits per heavy atom. The molecule has 0 aliphatic carbocycles. The molecule has 2 N–H and O–H groups in total. The Labute approximate surface area is 65.8 Å². The summed E-state index contributed by atoms with van der Waals surface area (Å²) >= 11 is 0. The normalized spacial score (nSPS) is 13.5. The molecular weight excluding hydrogens is 136 g/mol. The Bertz CT molecular complexity index is 302. The molecule has 1 aromatic carbocycles. The van der Waals surface area contributed by atoms with Gasteiger partial charge in [0.25, 0.3) is 0 Å². The van der Waals surface area contributed by atoms with Crippen LogP contribution in [0.25, 0.3) is 0 Å². The van der Waals surface area contributed by atoms with E-state index in [-0.39, 0.29) is 0 Å². The van der Waals surface area contributed by atoms with Crippen LogP contribution < -0.4 is 5.73 Å². The smallest absolute Gasteiger partial charge is 0.0706 e. The van der Waals surface area contributed by atoms with Gasteiger partial charge in [-0.25, -0.2) is 0 Å². The van der Waals surface area contributed by atoms with Crippen LogP contribution in [0, 0.1) is 0 Å². The van der Waals surface area contributed by atoms with E-state index in [0.717, 1.165) is 17.7 Å². The number of nitrogens with zero attached hydrogens (tertiary/aromatic N) is 1. The Kier molecular flexibility index (Phi) is 1.47. The number of rotatable bonds is 1. The second-order valence-electron chi connectivity index (χ2n) is 2.64. The monoisotopic (exact) mass is 146 g/mol. The molecule has 1 aromatic rings. The standard InChI is InChI=1S/C9H10N2/c10-6-8-3-1-2-7-4-5-11-9(7)8/h1-3,5H,4,6,10H2. The molecule has 1 aliphatic rings. The van der Waals surface area contributed by atoms with Crippen molar-refractivity contribution in [2.24, 2.45) is 10.7 Å². The highest BCUT2D eigenvalue weighted by atomic mass is 14.8. The van der Waals surface area contributed by atoms with Crippen molar-refractivity contribution in [1.29, 1.82) is 0 Å². The molecule has 0 spiro atoms. The number of fused-ring (bicyclic) bond motifs is 1. The third-order valence-electron chi connectivity index (χ3n) is 1.95. The lowest BCUT2D eigenvalue weighted by Crippen LogP contribution is -1.96. The highest BCUT2D eigenvalue weighted by Gasteiger charge is 2.08. The number of benzene rings is 1. The zero-order valence-corrected chi connectivity index (χ0v) is 6.25. The van der Waals surface area contributed by atoms with Gasteiger partial charge in [0.05, 0.1) is 5.69 Å². The molecule has 0 aromatic heterocycles. The van der Waals surface area contributed by atoms with Crippen LogP contribution >= 0.6 is 0 Å². The van der Waals surface area contributed by atoms with Gasteiger partial charge in [0.2, 0.25) is 0 Å². The summed E-state index contributed by atoms with van der Waals surface area (Å²) in [5.74, 6) is 0. The summed E-state index contributed by atoms with van der Waals surface area (Å²) in [4.78, 5) is 4.27. The van der Waals surface area contributed by atoms with Crippen LogP contribution in [0.15, 0.2) is 23.2 Å². The average molecular weight is 146 g/mol. The summed E-state index contributed by atoms with van der Waals surface area (Å²) in [6.07, 6.45) is 2.90. The maximum Gasteiger partial charge on any atom is 0.0706 e. The summed E-state index contributed by atoms with van der Waals surface area (Å²) in [5.41, 5.74) is 9.09. The van der Waals surface area contributed by atoms with Crippen molar-refractivity contribution in [3.8, 4) is 0 Å². The molecule has 0 bridgehead atoms. The van der Waals surface area contributed by atoms with E-state index < -0.39 is 0 Å². The van der Waals surface area contributed by atoms with Crippen molar-refractivity contribution in [3.05, 3.63) is 29.3 Å². The molecule has 0 amide bonds. The molecule has 0 saturated heterocycles. The predicted molar refractivity (Wildman–Crippen MR) is 46.2 cm³/mol. The SMILES string of the molecule is NCc1cccc2c1N=CC2. The molecule has 0 saturated carbocycles. The zero-order valence-electron chi connectivity index (χ0n) is 6.25. The fraction of sp³-hybridized carbons (Fsp3) is 0.222. The van der Waals surface area contributed by atoms with Crippen LogP contribution in [0.5, 0.6) is 0 Å². The van der Waals surface area contributed by atoms with Gasteiger partial charge in [-0.2, -0.15) is 0 Å². The Morgan fingerprint density at radius 1 is 1.45 bits per heavy atom. The van der Waals surface area contributed by atoms with E-state index in [0.29, 0.717) is 6.54 Å². The van der Waals surface area contributed by atoms with Crippen molar-refractivity contribution < 1.29 is 0 Å². The summed E-state index contributed by atoms with van der Waals surface area (Å²) in [7, 11) is 0. The van der Waals surface area contributed by atoms with Crippen molar-refractivity contribution in [1.82, 2.24) is 0 Å². The fourth-order valence-electron chi connectivity index (χ4n) is 1.38. The van der Waals surface area contributed by atoms with E-state index in [4.69, 9.17) is 5.73 Å². The minimum Gasteiger partial charge on any atom is -0.326 e. The first-order chi connectivity index (χ1) is 5.42. The maximum absolute atomic E-state index is 5.55. The topological polar surface area (TPSA) is 38.4 Å². The van der Waals surface area contributed by atoms with Gasteiger partial charge in [0.15, 0.2) is 0 Å². The quantitative estimate of drug-likeness (QED) is 0.639. The first kappa shape index (κ1) is 6.55. The number of hydrogen-bond donors (Lipinski definition) is 1. The van der Waals surface area contributed by atoms with Crippen LogP contribution in [0.2, 0.25) is 0 Å². The van der Waals surface area contributed by atoms with Crippen LogP contribution in [0.1, 0.15) is 11.1 Å². The van der Waals surface area contributed by atoms with E-state index >= 15 is 0 Å². The fourth-order valence-corrected chi connectivity index (χ4v) is 1.38. The molecule has 1 aliphatic heterocycles. The van der Waals surface area contributed by atoms with Crippen molar-refractivity contribution in [2.45, 2.75) is 13.0 Å². The van der Waals surface area contributed by atoms with Crippen molar-refractivity contribution >= 4 is 11.9 Å². The number of aliphatic imine (C=N–C) groups is 1. The molecule has 2 heteroatoms. The lowest BCUT2D eigenvalue weighted by Gasteiger charge is -2.01. The highest BCUT2D eigenvalue weighted by molar-refractivity contribution is 5.77. The minimum atomic E-state index is 0.584. The van der Waals surface area contributed by atoms with Gasteiger partial charge in [0.1, 0.15) is 0 Å². The van der Waals surface area contributed by atoms with Crippen LogP contribution in [0.4, 0.5) is 5.69 Å². The molecule has 1 heterocycles. The van der Waals surface area contributed by atoms with Gasteiger partial charge in [-0.15, -0.1) is 0 Å². The van der Waals surface area contributed by atoms with E-state index in [1.807, 2.05) is 18.3 Å². The first-order valence-electron chi connectivity index (χ1n) is 3.75. The summed E-state index contributed by atoms with van der Waals surface area (Å²) in [5, 5.41) is 0. The van der Waals surface area contributed by atoms with Gasteiger partial charge in [-0.1, -0.05) is 18.2 Å². The minimum absolute atomic E-state index is 0.584. The van der Waals surface area contributed by atoms with Gasteiger partial charge in [0, 0.05) is 19.2 Å². The molecule has 56 valence electrons. The van der Waals surface area contributed by atoms with Gasteiger partial charge in [-0.3, -0.25) is 4.99 Å².